The highest BCUT2D eigenvalue weighted by Gasteiger charge is 2.25. The maximum absolute atomic E-state index is 11.8. The summed E-state index contributed by atoms with van der Waals surface area (Å²) in [6.07, 6.45) is 6.06. The standard InChI is InChI=1S/C13H21NO3/c1-2-13(15)14(9-11-5-3-7-16-11)10-12-6-4-8-17-12/h2,11-12H,1,3-10H2. The molecule has 96 valence electrons. The molecule has 2 saturated heterocycles. The lowest BCUT2D eigenvalue weighted by molar-refractivity contribution is -0.129. The van der Waals surface area contributed by atoms with Crippen molar-refractivity contribution in [2.75, 3.05) is 26.3 Å². The average Bonchev–Trinajstić information content (AvgIpc) is 3.00. The van der Waals surface area contributed by atoms with Crippen LogP contribution >= 0.6 is 0 Å². The van der Waals surface area contributed by atoms with Gasteiger partial charge in [-0.25, -0.2) is 0 Å². The second-order valence-corrected chi connectivity index (χ2v) is 4.72. The van der Waals surface area contributed by atoms with E-state index in [2.05, 4.69) is 6.58 Å². The molecule has 0 radical (unpaired) electrons. The lowest BCUT2D eigenvalue weighted by atomic mass is 10.2. The summed E-state index contributed by atoms with van der Waals surface area (Å²) in [6.45, 7) is 6.54. The van der Waals surface area contributed by atoms with Gasteiger partial charge in [0.1, 0.15) is 0 Å². The van der Waals surface area contributed by atoms with Gasteiger partial charge >= 0.3 is 0 Å². The number of nitrogens with zero attached hydrogens (tertiary/aromatic N) is 1. The topological polar surface area (TPSA) is 38.8 Å². The summed E-state index contributed by atoms with van der Waals surface area (Å²) in [5, 5.41) is 0. The first kappa shape index (κ1) is 12.6. The fourth-order valence-electron chi connectivity index (χ4n) is 2.45. The maximum atomic E-state index is 11.8. The van der Waals surface area contributed by atoms with E-state index < -0.39 is 0 Å². The van der Waals surface area contributed by atoms with Crippen molar-refractivity contribution in [3.05, 3.63) is 12.7 Å². The molecular weight excluding hydrogens is 218 g/mol. The van der Waals surface area contributed by atoms with E-state index in [1.54, 1.807) is 0 Å². The zero-order chi connectivity index (χ0) is 12.1. The summed E-state index contributed by atoms with van der Waals surface area (Å²) >= 11 is 0. The molecule has 0 aromatic heterocycles. The minimum atomic E-state index is -0.0176. The van der Waals surface area contributed by atoms with Crippen molar-refractivity contribution in [3.8, 4) is 0 Å². The van der Waals surface area contributed by atoms with Crippen molar-refractivity contribution in [3.63, 3.8) is 0 Å². The van der Waals surface area contributed by atoms with E-state index >= 15 is 0 Å². The second kappa shape index (κ2) is 6.17. The minimum Gasteiger partial charge on any atom is -0.376 e. The Labute approximate surface area is 103 Å². The molecule has 2 heterocycles. The Morgan fingerprint density at radius 3 is 2.06 bits per heavy atom. The van der Waals surface area contributed by atoms with E-state index in [1.165, 1.54) is 6.08 Å². The van der Waals surface area contributed by atoms with Gasteiger partial charge in [0.2, 0.25) is 5.91 Å². The first-order valence-corrected chi connectivity index (χ1v) is 6.44. The Balaban J connectivity index is 1.86. The number of ether oxygens (including phenoxy) is 2. The normalized spacial score (nSPS) is 28.2. The molecule has 2 aliphatic heterocycles. The molecule has 2 atom stereocenters. The molecule has 17 heavy (non-hydrogen) atoms. The Morgan fingerprint density at radius 2 is 1.71 bits per heavy atom. The van der Waals surface area contributed by atoms with Crippen LogP contribution in [0.25, 0.3) is 0 Å². The van der Waals surface area contributed by atoms with Gasteiger partial charge in [0.05, 0.1) is 12.2 Å². The third-order valence-electron chi connectivity index (χ3n) is 3.38. The largest absolute Gasteiger partial charge is 0.376 e. The molecule has 2 rings (SSSR count). The summed E-state index contributed by atoms with van der Waals surface area (Å²) in [6, 6.07) is 0. The number of carbonyl (C=O) groups excluding carboxylic acids is 1. The second-order valence-electron chi connectivity index (χ2n) is 4.72. The van der Waals surface area contributed by atoms with E-state index in [9.17, 15) is 4.79 Å². The van der Waals surface area contributed by atoms with Gasteiger partial charge in [-0.2, -0.15) is 0 Å². The number of amides is 1. The summed E-state index contributed by atoms with van der Waals surface area (Å²) in [4.78, 5) is 13.6. The van der Waals surface area contributed by atoms with Gasteiger partial charge < -0.3 is 14.4 Å². The van der Waals surface area contributed by atoms with Crippen LogP contribution < -0.4 is 0 Å². The van der Waals surface area contributed by atoms with Crippen LogP contribution in [0.4, 0.5) is 0 Å². The Bertz CT molecular complexity index is 250. The van der Waals surface area contributed by atoms with Crippen LogP contribution in [-0.2, 0) is 14.3 Å². The van der Waals surface area contributed by atoms with E-state index in [0.717, 1.165) is 38.9 Å². The number of hydrogen-bond donors (Lipinski definition) is 0. The highest BCUT2D eigenvalue weighted by atomic mass is 16.5. The molecule has 0 aromatic rings. The van der Waals surface area contributed by atoms with E-state index in [-0.39, 0.29) is 18.1 Å². The van der Waals surface area contributed by atoms with Crippen LogP contribution in [0, 0.1) is 0 Å². The van der Waals surface area contributed by atoms with Crippen LogP contribution in [0.1, 0.15) is 25.7 Å². The third-order valence-corrected chi connectivity index (χ3v) is 3.38. The Morgan fingerprint density at radius 1 is 1.18 bits per heavy atom. The molecule has 0 aliphatic carbocycles. The molecule has 0 N–H and O–H groups in total. The first-order valence-electron chi connectivity index (χ1n) is 6.44. The highest BCUT2D eigenvalue weighted by molar-refractivity contribution is 5.87. The van der Waals surface area contributed by atoms with Crippen molar-refractivity contribution in [1.29, 1.82) is 0 Å². The lowest BCUT2D eigenvalue weighted by Crippen LogP contribution is -2.41. The average molecular weight is 239 g/mol. The molecule has 2 aliphatic rings. The Kier molecular flexibility index (Phi) is 4.57. The van der Waals surface area contributed by atoms with Crippen molar-refractivity contribution in [1.82, 2.24) is 4.90 Å². The van der Waals surface area contributed by atoms with Crippen LogP contribution in [0.15, 0.2) is 12.7 Å². The van der Waals surface area contributed by atoms with E-state index in [0.29, 0.717) is 13.1 Å². The van der Waals surface area contributed by atoms with Gasteiger partial charge in [-0.05, 0) is 31.8 Å². The quantitative estimate of drug-likeness (QED) is 0.680. The summed E-state index contributed by atoms with van der Waals surface area (Å²) in [5.74, 6) is -0.0176. The number of hydrogen-bond acceptors (Lipinski definition) is 3. The molecule has 0 spiro atoms. The van der Waals surface area contributed by atoms with Gasteiger partial charge in [0, 0.05) is 26.3 Å². The predicted molar refractivity (Wildman–Crippen MR) is 64.7 cm³/mol. The van der Waals surface area contributed by atoms with Crippen LogP contribution in [-0.4, -0.2) is 49.3 Å². The predicted octanol–water partition coefficient (Wildman–Crippen LogP) is 1.36. The lowest BCUT2D eigenvalue weighted by Gasteiger charge is -2.26. The zero-order valence-corrected chi connectivity index (χ0v) is 10.3. The number of carbonyl (C=O) groups is 1. The van der Waals surface area contributed by atoms with Crippen molar-refractivity contribution in [2.45, 2.75) is 37.9 Å². The smallest absolute Gasteiger partial charge is 0.246 e. The van der Waals surface area contributed by atoms with E-state index in [4.69, 9.17) is 9.47 Å². The van der Waals surface area contributed by atoms with Crippen molar-refractivity contribution < 1.29 is 14.3 Å². The molecule has 0 aromatic carbocycles. The van der Waals surface area contributed by atoms with Gasteiger partial charge in [-0.1, -0.05) is 6.58 Å². The fraction of sp³-hybridized carbons (Fsp3) is 0.769. The summed E-state index contributed by atoms with van der Waals surface area (Å²) in [7, 11) is 0. The minimum absolute atomic E-state index is 0.0176. The monoisotopic (exact) mass is 239 g/mol. The molecule has 4 nitrogen and oxygen atoms in total. The van der Waals surface area contributed by atoms with Crippen LogP contribution in [0.2, 0.25) is 0 Å². The SMILES string of the molecule is C=CC(=O)N(CC1CCCO1)CC1CCCO1. The van der Waals surface area contributed by atoms with Crippen LogP contribution in [0.3, 0.4) is 0 Å². The molecule has 2 fully saturated rings. The summed E-state index contributed by atoms with van der Waals surface area (Å²) in [5.41, 5.74) is 0. The van der Waals surface area contributed by atoms with Gasteiger partial charge in [-0.15, -0.1) is 0 Å². The maximum Gasteiger partial charge on any atom is 0.246 e. The van der Waals surface area contributed by atoms with Gasteiger partial charge in [-0.3, -0.25) is 4.79 Å². The fourth-order valence-corrected chi connectivity index (χ4v) is 2.45. The molecule has 4 heteroatoms. The molecule has 1 amide bonds. The third kappa shape index (κ3) is 3.54. The van der Waals surface area contributed by atoms with Gasteiger partial charge in [0.25, 0.3) is 0 Å². The highest BCUT2D eigenvalue weighted by Crippen LogP contribution is 2.17. The number of rotatable bonds is 5. The van der Waals surface area contributed by atoms with Crippen LogP contribution in [0.5, 0.6) is 0 Å². The molecule has 0 bridgehead atoms. The Hall–Kier alpha value is -0.870. The molecule has 0 saturated carbocycles. The zero-order valence-electron chi connectivity index (χ0n) is 10.3. The van der Waals surface area contributed by atoms with Crippen molar-refractivity contribution in [2.24, 2.45) is 0 Å². The molecular formula is C13H21NO3. The molecule has 2 unspecified atom stereocenters. The summed E-state index contributed by atoms with van der Waals surface area (Å²) < 4.78 is 11.1. The van der Waals surface area contributed by atoms with E-state index in [1.807, 2.05) is 4.90 Å². The van der Waals surface area contributed by atoms with Crippen molar-refractivity contribution >= 4 is 5.91 Å². The first-order chi connectivity index (χ1) is 8.29. The van der Waals surface area contributed by atoms with Gasteiger partial charge in [0.15, 0.2) is 0 Å².